The van der Waals surface area contributed by atoms with Crippen LogP contribution in [-0.4, -0.2) is 82.1 Å². The van der Waals surface area contributed by atoms with Crippen LogP contribution in [0.1, 0.15) is 64.0 Å². The van der Waals surface area contributed by atoms with Crippen LogP contribution in [0, 0.1) is 5.92 Å². The lowest BCUT2D eigenvalue weighted by Crippen LogP contribution is -2.55. The molecule has 1 aliphatic carbocycles. The van der Waals surface area contributed by atoms with E-state index in [9.17, 15) is 19.5 Å². The van der Waals surface area contributed by atoms with Gasteiger partial charge in [0.15, 0.2) is 10.8 Å². The van der Waals surface area contributed by atoms with Gasteiger partial charge in [-0.05, 0) is 57.4 Å². The highest BCUT2D eigenvalue weighted by molar-refractivity contribution is 7.13. The first-order chi connectivity index (χ1) is 19.6. The molecule has 220 valence electrons. The van der Waals surface area contributed by atoms with Gasteiger partial charge in [0.1, 0.15) is 12.3 Å². The number of halogens is 1. The molecule has 1 aliphatic heterocycles. The van der Waals surface area contributed by atoms with Gasteiger partial charge in [-0.3, -0.25) is 19.3 Å². The largest absolute Gasteiger partial charge is 0.394 e. The molecule has 0 radical (unpaired) electrons. The van der Waals surface area contributed by atoms with E-state index in [1.165, 1.54) is 18.4 Å². The number of nitrogens with one attached hydrogen (secondary N) is 3. The van der Waals surface area contributed by atoms with Crippen LogP contribution in [-0.2, 0) is 22.5 Å². The standard InChI is InChI=1S/C29H36ClN5O5S/c1-29(2,15-36)35-9-8-21-25(13-35)41-28(34-21)27(39)33-22-11-16(24(37)14-40-3)4-6-20(22)32-26(38)23-12-17-10-18(30)5-7-19(17)31-23/h5,7,10,12,16,20,22,31,36H,4,6,8-9,11,13-15H2,1-3H3,(H,32,38)(H,33,39)/t16?,20-,22+/m0/s1. The summed E-state index contributed by atoms with van der Waals surface area (Å²) in [4.78, 5) is 50.4. The van der Waals surface area contributed by atoms with Crippen molar-refractivity contribution >= 4 is 51.4 Å². The van der Waals surface area contributed by atoms with E-state index in [-0.39, 0.29) is 48.3 Å². The predicted octanol–water partition coefficient (Wildman–Crippen LogP) is 3.32. The second-order valence-corrected chi connectivity index (χ2v) is 13.0. The van der Waals surface area contributed by atoms with Crippen molar-refractivity contribution in [3.05, 3.63) is 50.6 Å². The predicted molar refractivity (Wildman–Crippen MR) is 157 cm³/mol. The Bertz CT molecular complexity index is 1450. The van der Waals surface area contributed by atoms with Gasteiger partial charge in [0.2, 0.25) is 0 Å². The Hall–Kier alpha value is -2.83. The summed E-state index contributed by atoms with van der Waals surface area (Å²) >= 11 is 7.46. The van der Waals surface area contributed by atoms with Crippen molar-refractivity contribution in [1.82, 2.24) is 25.5 Å². The number of hydrogen-bond acceptors (Lipinski definition) is 8. The number of carbonyl (C=O) groups is 3. The molecule has 5 rings (SSSR count). The molecule has 1 saturated carbocycles. The van der Waals surface area contributed by atoms with E-state index in [0.717, 1.165) is 28.0 Å². The van der Waals surface area contributed by atoms with Gasteiger partial charge in [0.05, 0.1) is 18.3 Å². The number of hydrogen-bond donors (Lipinski definition) is 4. The van der Waals surface area contributed by atoms with Gasteiger partial charge in [0, 0.05) is 64.9 Å². The van der Waals surface area contributed by atoms with E-state index >= 15 is 0 Å². The van der Waals surface area contributed by atoms with Crippen molar-refractivity contribution in [2.45, 2.75) is 63.7 Å². The third-order valence-electron chi connectivity index (χ3n) is 8.22. The molecule has 1 fully saturated rings. The monoisotopic (exact) mass is 601 g/mol. The minimum Gasteiger partial charge on any atom is -0.394 e. The van der Waals surface area contributed by atoms with Crippen LogP contribution < -0.4 is 10.6 Å². The Labute approximate surface area is 247 Å². The van der Waals surface area contributed by atoms with Crippen LogP contribution in [0.15, 0.2) is 24.3 Å². The van der Waals surface area contributed by atoms with Crippen LogP contribution >= 0.6 is 22.9 Å². The first kappa shape index (κ1) is 29.7. The quantitative estimate of drug-likeness (QED) is 0.295. The minimum absolute atomic E-state index is 0.0136. The SMILES string of the molecule is COCC(=O)C1CC[C@H](NC(=O)c2cc3cc(Cl)ccc3[nH]2)[C@H](NC(=O)c2nc3c(s2)CN(C(C)(C)CO)CC3)C1. The number of aromatic nitrogens is 2. The smallest absolute Gasteiger partial charge is 0.280 e. The van der Waals surface area contributed by atoms with Crippen molar-refractivity contribution in [1.29, 1.82) is 0 Å². The van der Waals surface area contributed by atoms with Crippen molar-refractivity contribution in [3.63, 3.8) is 0 Å². The van der Waals surface area contributed by atoms with Gasteiger partial charge in [-0.15, -0.1) is 11.3 Å². The van der Waals surface area contributed by atoms with Crippen molar-refractivity contribution in [3.8, 4) is 0 Å². The number of rotatable bonds is 9. The number of carbonyl (C=O) groups excluding carboxylic acids is 3. The van der Waals surface area contributed by atoms with Crippen molar-refractivity contribution in [2.24, 2.45) is 5.92 Å². The topological polar surface area (TPSA) is 137 Å². The normalized spacial score (nSPS) is 21.4. The fourth-order valence-electron chi connectivity index (χ4n) is 5.67. The number of amides is 2. The number of thiazole rings is 1. The number of methoxy groups -OCH3 is 1. The number of fused-ring (bicyclic) bond motifs is 2. The van der Waals surface area contributed by atoms with Crippen molar-refractivity contribution in [2.75, 3.05) is 26.9 Å². The molecule has 10 nitrogen and oxygen atoms in total. The molecule has 2 amide bonds. The lowest BCUT2D eigenvalue weighted by atomic mass is 9.80. The maximum atomic E-state index is 13.5. The zero-order valence-corrected chi connectivity index (χ0v) is 25.0. The van der Waals surface area contributed by atoms with E-state index in [0.29, 0.717) is 48.0 Å². The molecule has 3 atom stereocenters. The highest BCUT2D eigenvalue weighted by Gasteiger charge is 2.37. The summed E-state index contributed by atoms with van der Waals surface area (Å²) in [7, 11) is 1.49. The molecule has 0 bridgehead atoms. The van der Waals surface area contributed by atoms with Crippen LogP contribution in [0.4, 0.5) is 0 Å². The lowest BCUT2D eigenvalue weighted by molar-refractivity contribution is -0.127. The Morgan fingerprint density at radius 2 is 1.98 bits per heavy atom. The Kier molecular flexibility index (Phi) is 8.81. The molecule has 1 aromatic carbocycles. The van der Waals surface area contributed by atoms with Crippen LogP contribution in [0.2, 0.25) is 5.02 Å². The molecule has 4 N–H and O–H groups in total. The molecular weight excluding hydrogens is 566 g/mol. The lowest BCUT2D eigenvalue weighted by Gasteiger charge is -2.39. The van der Waals surface area contributed by atoms with E-state index in [1.807, 2.05) is 19.9 Å². The number of aromatic amines is 1. The van der Waals surface area contributed by atoms with E-state index in [1.54, 1.807) is 18.2 Å². The number of benzene rings is 1. The molecule has 1 unspecified atom stereocenters. The fourth-order valence-corrected chi connectivity index (χ4v) is 6.87. The molecule has 41 heavy (non-hydrogen) atoms. The molecule has 3 heterocycles. The van der Waals surface area contributed by atoms with Crippen LogP contribution in [0.5, 0.6) is 0 Å². The van der Waals surface area contributed by atoms with E-state index in [4.69, 9.17) is 16.3 Å². The van der Waals surface area contributed by atoms with E-state index in [2.05, 4.69) is 25.5 Å². The molecule has 3 aromatic rings. The summed E-state index contributed by atoms with van der Waals surface area (Å²) in [6.07, 6.45) is 2.21. The van der Waals surface area contributed by atoms with Gasteiger partial charge < -0.3 is 25.5 Å². The third kappa shape index (κ3) is 6.49. The summed E-state index contributed by atoms with van der Waals surface area (Å²) in [5.41, 5.74) is 1.74. The summed E-state index contributed by atoms with van der Waals surface area (Å²) in [6.45, 7) is 5.43. The van der Waals surface area contributed by atoms with Gasteiger partial charge in [-0.2, -0.15) is 0 Å². The Balaban J connectivity index is 1.32. The second-order valence-electron chi connectivity index (χ2n) is 11.5. The number of ether oxygens (including phenoxy) is 1. The maximum absolute atomic E-state index is 13.5. The third-order valence-corrected chi connectivity index (χ3v) is 9.54. The summed E-state index contributed by atoms with van der Waals surface area (Å²) in [6, 6.07) is 6.28. The Morgan fingerprint density at radius 1 is 1.20 bits per heavy atom. The van der Waals surface area contributed by atoms with Gasteiger partial charge >= 0.3 is 0 Å². The van der Waals surface area contributed by atoms with Crippen LogP contribution in [0.3, 0.4) is 0 Å². The molecule has 0 saturated heterocycles. The Morgan fingerprint density at radius 3 is 2.73 bits per heavy atom. The second kappa shape index (κ2) is 12.2. The number of H-pyrrole nitrogens is 1. The highest BCUT2D eigenvalue weighted by Crippen LogP contribution is 2.31. The summed E-state index contributed by atoms with van der Waals surface area (Å²) < 4.78 is 5.07. The number of aliphatic hydroxyl groups is 1. The van der Waals surface area contributed by atoms with Gasteiger partial charge in [0.25, 0.3) is 11.8 Å². The molecule has 0 spiro atoms. The number of nitrogens with zero attached hydrogens (tertiary/aromatic N) is 2. The van der Waals surface area contributed by atoms with Gasteiger partial charge in [-0.25, -0.2) is 4.98 Å². The fraction of sp³-hybridized carbons (Fsp3) is 0.517. The molecular formula is C29H36ClN5O5S. The first-order valence-corrected chi connectivity index (χ1v) is 15.0. The maximum Gasteiger partial charge on any atom is 0.280 e. The molecule has 12 heteroatoms. The summed E-state index contributed by atoms with van der Waals surface area (Å²) in [5, 5.41) is 17.7. The van der Waals surface area contributed by atoms with Crippen molar-refractivity contribution < 1.29 is 24.2 Å². The van der Waals surface area contributed by atoms with E-state index < -0.39 is 6.04 Å². The first-order valence-electron chi connectivity index (χ1n) is 13.8. The molecule has 2 aromatic heterocycles. The average Bonchev–Trinajstić information content (AvgIpc) is 3.58. The highest BCUT2D eigenvalue weighted by atomic mass is 35.5. The average molecular weight is 602 g/mol. The van der Waals surface area contributed by atoms with Crippen LogP contribution in [0.25, 0.3) is 10.9 Å². The zero-order chi connectivity index (χ0) is 29.3. The number of ketones is 1. The number of Topliss-reactive ketones (excluding diaryl/α,β-unsaturated/α-hetero) is 1. The zero-order valence-electron chi connectivity index (χ0n) is 23.5. The number of aliphatic hydroxyl groups excluding tert-OH is 1. The summed E-state index contributed by atoms with van der Waals surface area (Å²) in [5.74, 6) is -0.899. The minimum atomic E-state index is -0.462. The van der Waals surface area contributed by atoms with Gasteiger partial charge in [-0.1, -0.05) is 11.6 Å². The molecule has 2 aliphatic rings.